The molecule has 1 atom stereocenters. The zero-order valence-electron chi connectivity index (χ0n) is 16.0. The normalized spacial score (nSPS) is 13.1. The van der Waals surface area contributed by atoms with Gasteiger partial charge in [0.05, 0.1) is 12.3 Å². The first-order valence-corrected chi connectivity index (χ1v) is 8.56. The fourth-order valence-corrected chi connectivity index (χ4v) is 2.72. The van der Waals surface area contributed by atoms with Gasteiger partial charge in [-0.2, -0.15) is 8.78 Å². The summed E-state index contributed by atoms with van der Waals surface area (Å²) in [6, 6.07) is 10.5. The molecule has 6 nitrogen and oxygen atoms in total. The van der Waals surface area contributed by atoms with E-state index in [2.05, 4.69) is 19.9 Å². The predicted octanol–water partition coefficient (Wildman–Crippen LogP) is 3.19. The second kappa shape index (κ2) is 9.91. The number of nitrogens with one attached hydrogen (secondary N) is 1. The molecule has 0 aliphatic carbocycles. The highest BCUT2D eigenvalue weighted by molar-refractivity contribution is 5.79. The van der Waals surface area contributed by atoms with Crippen molar-refractivity contribution in [2.75, 3.05) is 34.7 Å². The monoisotopic (exact) mass is 380 g/mol. The number of alkyl halides is 2. The minimum atomic E-state index is -2.82. The Morgan fingerprint density at radius 1 is 1.19 bits per heavy atom. The molecule has 0 aliphatic heterocycles. The summed E-state index contributed by atoms with van der Waals surface area (Å²) in [6.45, 7) is -1.62. The van der Waals surface area contributed by atoms with E-state index >= 15 is 0 Å². The number of hydrogen-bond donors (Lipinski definition) is 1. The molecule has 2 rings (SSSR count). The maximum atomic E-state index is 12.2. The van der Waals surface area contributed by atoms with Gasteiger partial charge >= 0.3 is 6.61 Å². The third kappa shape index (κ3) is 6.25. The van der Waals surface area contributed by atoms with Gasteiger partial charge in [-0.25, -0.2) is 0 Å². The summed E-state index contributed by atoms with van der Waals surface area (Å²) in [5.74, 6) is 1.74. The highest BCUT2D eigenvalue weighted by Crippen LogP contribution is 2.18. The van der Waals surface area contributed by atoms with E-state index < -0.39 is 6.61 Å². The third-order valence-electron chi connectivity index (χ3n) is 4.09. The van der Waals surface area contributed by atoms with Crippen molar-refractivity contribution < 1.29 is 17.9 Å². The van der Waals surface area contributed by atoms with Crippen LogP contribution in [0, 0.1) is 0 Å². The largest absolute Gasteiger partial charge is 0.468 e. The van der Waals surface area contributed by atoms with Gasteiger partial charge in [0.1, 0.15) is 11.5 Å². The molecule has 148 valence electrons. The molecule has 0 saturated heterocycles. The standard InChI is InChI=1S/C19H26F2N4O2/c1-22-19(23-12-16(24(2)3)17-6-5-11-26-17)25(4)13-14-7-9-15(10-8-14)27-18(20)21/h5-11,16,18H,12-13H2,1-4H3,(H,22,23). The van der Waals surface area contributed by atoms with Gasteiger partial charge in [-0.05, 0) is 43.9 Å². The second-order valence-corrected chi connectivity index (χ2v) is 6.30. The zero-order valence-corrected chi connectivity index (χ0v) is 16.0. The minimum Gasteiger partial charge on any atom is -0.468 e. The van der Waals surface area contributed by atoms with Crippen LogP contribution in [0.25, 0.3) is 0 Å². The number of ether oxygens (including phenoxy) is 1. The molecule has 0 spiro atoms. The van der Waals surface area contributed by atoms with Crippen LogP contribution in [-0.4, -0.2) is 57.1 Å². The molecule has 1 aromatic carbocycles. The Hall–Kier alpha value is -2.61. The minimum absolute atomic E-state index is 0.0657. The van der Waals surface area contributed by atoms with E-state index in [1.54, 1.807) is 25.4 Å². The van der Waals surface area contributed by atoms with Crippen molar-refractivity contribution in [3.8, 4) is 5.75 Å². The molecular weight excluding hydrogens is 354 g/mol. The highest BCUT2D eigenvalue weighted by atomic mass is 19.3. The number of likely N-dealkylation sites (N-methyl/N-ethyl adjacent to an activating group) is 1. The number of furan rings is 1. The van der Waals surface area contributed by atoms with Gasteiger partial charge in [-0.15, -0.1) is 0 Å². The summed E-state index contributed by atoms with van der Waals surface area (Å²) in [5, 5.41) is 3.35. The average Bonchev–Trinajstić information content (AvgIpc) is 3.13. The van der Waals surface area contributed by atoms with Crippen LogP contribution in [0.5, 0.6) is 5.75 Å². The Morgan fingerprint density at radius 3 is 2.41 bits per heavy atom. The van der Waals surface area contributed by atoms with Crippen molar-refractivity contribution in [3.05, 3.63) is 54.0 Å². The van der Waals surface area contributed by atoms with Crippen LogP contribution < -0.4 is 10.1 Å². The molecule has 1 heterocycles. The molecule has 1 N–H and O–H groups in total. The Bertz CT molecular complexity index is 703. The molecular formula is C19H26F2N4O2. The third-order valence-corrected chi connectivity index (χ3v) is 4.09. The van der Waals surface area contributed by atoms with Crippen LogP contribution in [0.2, 0.25) is 0 Å². The number of nitrogens with zero attached hydrogens (tertiary/aromatic N) is 3. The van der Waals surface area contributed by atoms with E-state index in [0.717, 1.165) is 17.3 Å². The van der Waals surface area contributed by atoms with E-state index in [9.17, 15) is 8.78 Å². The fourth-order valence-electron chi connectivity index (χ4n) is 2.72. The lowest BCUT2D eigenvalue weighted by atomic mass is 10.2. The predicted molar refractivity (Wildman–Crippen MR) is 101 cm³/mol. The average molecular weight is 380 g/mol. The lowest BCUT2D eigenvalue weighted by molar-refractivity contribution is -0.0498. The molecule has 0 bridgehead atoms. The zero-order chi connectivity index (χ0) is 19.8. The highest BCUT2D eigenvalue weighted by Gasteiger charge is 2.18. The number of rotatable bonds is 8. The fraction of sp³-hybridized carbons (Fsp3) is 0.421. The van der Waals surface area contributed by atoms with Crippen LogP contribution in [-0.2, 0) is 6.54 Å². The SMILES string of the molecule is CN=C(NCC(c1ccco1)N(C)C)N(C)Cc1ccc(OC(F)F)cc1. The molecule has 0 saturated carbocycles. The topological polar surface area (TPSA) is 53.2 Å². The smallest absolute Gasteiger partial charge is 0.387 e. The Morgan fingerprint density at radius 2 is 1.89 bits per heavy atom. The Kier molecular flexibility index (Phi) is 7.60. The Balaban J connectivity index is 1.94. The summed E-state index contributed by atoms with van der Waals surface area (Å²) < 4.78 is 34.3. The first-order chi connectivity index (χ1) is 12.9. The number of hydrogen-bond acceptors (Lipinski definition) is 4. The molecule has 1 aromatic heterocycles. The summed E-state index contributed by atoms with van der Waals surface area (Å²) in [4.78, 5) is 8.34. The van der Waals surface area contributed by atoms with E-state index in [0.29, 0.717) is 13.1 Å². The van der Waals surface area contributed by atoms with Crippen molar-refractivity contribution in [2.45, 2.75) is 19.2 Å². The molecule has 0 aliphatic rings. The first-order valence-electron chi connectivity index (χ1n) is 8.56. The van der Waals surface area contributed by atoms with Crippen LogP contribution in [0.15, 0.2) is 52.1 Å². The van der Waals surface area contributed by atoms with Gasteiger partial charge in [0.25, 0.3) is 0 Å². The van der Waals surface area contributed by atoms with E-state index in [-0.39, 0.29) is 11.8 Å². The quantitative estimate of drug-likeness (QED) is 0.563. The van der Waals surface area contributed by atoms with Crippen molar-refractivity contribution in [2.24, 2.45) is 4.99 Å². The van der Waals surface area contributed by atoms with E-state index in [1.807, 2.05) is 38.2 Å². The van der Waals surface area contributed by atoms with Gasteiger partial charge < -0.3 is 19.4 Å². The molecule has 0 fully saturated rings. The summed E-state index contributed by atoms with van der Waals surface area (Å²) in [5.41, 5.74) is 0.956. The maximum absolute atomic E-state index is 12.2. The lowest BCUT2D eigenvalue weighted by Crippen LogP contribution is -2.42. The van der Waals surface area contributed by atoms with Crippen molar-refractivity contribution in [1.82, 2.24) is 15.1 Å². The van der Waals surface area contributed by atoms with Gasteiger partial charge in [0.2, 0.25) is 0 Å². The number of benzene rings is 1. The lowest BCUT2D eigenvalue weighted by Gasteiger charge is -2.27. The van der Waals surface area contributed by atoms with Crippen molar-refractivity contribution >= 4 is 5.96 Å². The molecule has 0 amide bonds. The maximum Gasteiger partial charge on any atom is 0.387 e. The van der Waals surface area contributed by atoms with Crippen LogP contribution in [0.4, 0.5) is 8.78 Å². The molecule has 2 aromatic rings. The summed E-state index contributed by atoms with van der Waals surface area (Å²) >= 11 is 0. The molecule has 1 unspecified atom stereocenters. The van der Waals surface area contributed by atoms with Gasteiger partial charge in [-0.3, -0.25) is 9.89 Å². The summed E-state index contributed by atoms with van der Waals surface area (Å²) in [7, 11) is 7.61. The van der Waals surface area contributed by atoms with Crippen LogP contribution >= 0.6 is 0 Å². The number of aliphatic imine (C=N–C) groups is 1. The molecule has 8 heteroatoms. The van der Waals surface area contributed by atoms with Gasteiger partial charge in [-0.1, -0.05) is 12.1 Å². The second-order valence-electron chi connectivity index (χ2n) is 6.30. The Labute approximate surface area is 158 Å². The van der Waals surface area contributed by atoms with Gasteiger partial charge in [0, 0.05) is 27.2 Å². The van der Waals surface area contributed by atoms with Crippen molar-refractivity contribution in [3.63, 3.8) is 0 Å². The first kappa shape index (κ1) is 20.7. The van der Waals surface area contributed by atoms with E-state index in [1.165, 1.54) is 12.1 Å². The van der Waals surface area contributed by atoms with Crippen LogP contribution in [0.3, 0.4) is 0 Å². The van der Waals surface area contributed by atoms with E-state index in [4.69, 9.17) is 4.42 Å². The number of halogens is 2. The molecule has 0 radical (unpaired) electrons. The number of guanidine groups is 1. The van der Waals surface area contributed by atoms with Gasteiger partial charge in [0.15, 0.2) is 5.96 Å². The molecule has 27 heavy (non-hydrogen) atoms. The van der Waals surface area contributed by atoms with Crippen LogP contribution in [0.1, 0.15) is 17.4 Å². The van der Waals surface area contributed by atoms with Crippen molar-refractivity contribution in [1.29, 1.82) is 0 Å². The summed E-state index contributed by atoms with van der Waals surface area (Å²) in [6.07, 6.45) is 1.66.